The highest BCUT2D eigenvalue weighted by Crippen LogP contribution is 2.21. The van der Waals surface area contributed by atoms with Crippen LogP contribution >= 0.6 is 0 Å². The molecule has 0 aromatic carbocycles. The van der Waals surface area contributed by atoms with E-state index in [1.165, 1.54) is 0 Å². The van der Waals surface area contributed by atoms with E-state index in [0.717, 1.165) is 32.4 Å². The average Bonchev–Trinajstić information content (AvgIpc) is 2.42. The number of amides is 2. The quantitative estimate of drug-likeness (QED) is 0.524. The molecule has 2 amide bonds. The second-order valence-electron chi connectivity index (χ2n) is 5.59. The molecule has 0 saturated carbocycles. The number of hydrogen-bond acceptors (Lipinski definition) is 3. The summed E-state index contributed by atoms with van der Waals surface area (Å²) in [6.45, 7) is 11.8. The summed E-state index contributed by atoms with van der Waals surface area (Å²) in [6, 6.07) is -0.0838. The number of carbonyl (C=O) groups is 2. The van der Waals surface area contributed by atoms with E-state index < -0.39 is 5.41 Å². The van der Waals surface area contributed by atoms with Gasteiger partial charge in [0.15, 0.2) is 0 Å². The first-order valence-corrected chi connectivity index (χ1v) is 7.59. The van der Waals surface area contributed by atoms with Crippen molar-refractivity contribution in [2.45, 2.75) is 53.9 Å². The maximum Gasteiger partial charge on any atom is 0.317 e. The van der Waals surface area contributed by atoms with E-state index >= 15 is 0 Å². The Kier molecular flexibility index (Phi) is 9.01. The molecule has 118 valence electrons. The molecule has 0 radical (unpaired) electrons. The number of rotatable bonds is 9. The van der Waals surface area contributed by atoms with Crippen molar-refractivity contribution in [3.63, 3.8) is 0 Å². The molecule has 0 spiro atoms. The summed E-state index contributed by atoms with van der Waals surface area (Å²) < 4.78 is 5.18. The number of carbonyl (C=O) groups excluding carboxylic acids is 2. The molecule has 20 heavy (non-hydrogen) atoms. The summed E-state index contributed by atoms with van der Waals surface area (Å²) in [5.41, 5.74) is -0.458. The minimum atomic E-state index is -0.458. The average molecular weight is 286 g/mol. The van der Waals surface area contributed by atoms with Crippen molar-refractivity contribution in [1.29, 1.82) is 0 Å². The van der Waals surface area contributed by atoms with Gasteiger partial charge >= 0.3 is 12.0 Å². The van der Waals surface area contributed by atoms with E-state index in [-0.39, 0.29) is 18.6 Å². The fourth-order valence-electron chi connectivity index (χ4n) is 1.61. The fraction of sp³-hybridized carbons (Fsp3) is 0.867. The maximum atomic E-state index is 11.9. The monoisotopic (exact) mass is 286 g/mol. The van der Waals surface area contributed by atoms with Crippen molar-refractivity contribution < 1.29 is 14.3 Å². The van der Waals surface area contributed by atoms with Gasteiger partial charge in [-0.05, 0) is 33.1 Å². The molecule has 0 aromatic rings. The summed E-state index contributed by atoms with van der Waals surface area (Å²) in [7, 11) is 0. The lowest BCUT2D eigenvalue weighted by Crippen LogP contribution is -2.42. The van der Waals surface area contributed by atoms with E-state index in [0.29, 0.717) is 6.54 Å². The third kappa shape index (κ3) is 6.78. The second-order valence-corrected chi connectivity index (χ2v) is 5.59. The Bertz CT molecular complexity index is 297. The number of nitrogens with one attached hydrogen (secondary N) is 1. The first kappa shape index (κ1) is 18.7. The summed E-state index contributed by atoms with van der Waals surface area (Å²) >= 11 is 0. The van der Waals surface area contributed by atoms with E-state index in [4.69, 9.17) is 4.74 Å². The molecule has 0 bridgehead atoms. The molecule has 0 aliphatic rings. The summed E-state index contributed by atoms with van der Waals surface area (Å²) in [5, 5.41) is 2.79. The standard InChI is InChI=1S/C15H30N2O3/c1-6-10-17(11-7-2)14(19)16-9-12-20-13(18)15(4,5)8-3/h6-12H2,1-5H3,(H,16,19). The van der Waals surface area contributed by atoms with Crippen LogP contribution in [0.2, 0.25) is 0 Å². The third-order valence-corrected chi connectivity index (χ3v) is 3.32. The van der Waals surface area contributed by atoms with Crippen LogP contribution < -0.4 is 5.32 Å². The molecule has 5 heteroatoms. The van der Waals surface area contributed by atoms with Crippen LogP contribution in [0.3, 0.4) is 0 Å². The molecular weight excluding hydrogens is 256 g/mol. The molecule has 0 aromatic heterocycles. The smallest absolute Gasteiger partial charge is 0.317 e. The van der Waals surface area contributed by atoms with Crippen LogP contribution in [0.4, 0.5) is 4.79 Å². The lowest BCUT2D eigenvalue weighted by Gasteiger charge is -2.23. The van der Waals surface area contributed by atoms with Crippen LogP contribution in [0.25, 0.3) is 0 Å². The van der Waals surface area contributed by atoms with Crippen molar-refractivity contribution in [3.05, 3.63) is 0 Å². The van der Waals surface area contributed by atoms with Crippen molar-refractivity contribution >= 4 is 12.0 Å². The van der Waals surface area contributed by atoms with Crippen LogP contribution in [0, 0.1) is 5.41 Å². The predicted molar refractivity (Wildman–Crippen MR) is 80.6 cm³/mol. The van der Waals surface area contributed by atoms with Crippen molar-refractivity contribution in [2.24, 2.45) is 5.41 Å². The highest BCUT2D eigenvalue weighted by Gasteiger charge is 2.26. The topological polar surface area (TPSA) is 58.6 Å². The van der Waals surface area contributed by atoms with Gasteiger partial charge in [0.05, 0.1) is 12.0 Å². The van der Waals surface area contributed by atoms with Gasteiger partial charge in [0.25, 0.3) is 0 Å². The van der Waals surface area contributed by atoms with Crippen LogP contribution in [0.15, 0.2) is 0 Å². The zero-order valence-electron chi connectivity index (χ0n) is 13.6. The lowest BCUT2D eigenvalue weighted by atomic mass is 9.91. The molecule has 5 nitrogen and oxygen atoms in total. The van der Waals surface area contributed by atoms with Gasteiger partial charge in [0, 0.05) is 13.1 Å². The van der Waals surface area contributed by atoms with Crippen LogP contribution in [0.5, 0.6) is 0 Å². The number of esters is 1. The maximum absolute atomic E-state index is 11.9. The summed E-state index contributed by atoms with van der Waals surface area (Å²) in [6.07, 6.45) is 2.61. The molecule has 0 heterocycles. The van der Waals surface area contributed by atoms with Gasteiger partial charge < -0.3 is 15.0 Å². The molecule has 0 fully saturated rings. The van der Waals surface area contributed by atoms with Gasteiger partial charge in [0.2, 0.25) is 0 Å². The van der Waals surface area contributed by atoms with Gasteiger partial charge in [-0.25, -0.2) is 4.79 Å². The Morgan fingerprint density at radius 1 is 1.10 bits per heavy atom. The Morgan fingerprint density at radius 3 is 2.10 bits per heavy atom. The van der Waals surface area contributed by atoms with E-state index in [2.05, 4.69) is 5.32 Å². The van der Waals surface area contributed by atoms with Crippen molar-refractivity contribution in [3.8, 4) is 0 Å². The molecule has 0 atom stereocenters. The van der Waals surface area contributed by atoms with Crippen LogP contribution in [-0.2, 0) is 9.53 Å². The molecule has 1 N–H and O–H groups in total. The minimum absolute atomic E-state index is 0.0838. The molecule has 0 aliphatic heterocycles. The zero-order chi connectivity index (χ0) is 15.6. The summed E-state index contributed by atoms with van der Waals surface area (Å²) in [4.78, 5) is 25.4. The van der Waals surface area contributed by atoms with Gasteiger partial charge in [-0.2, -0.15) is 0 Å². The molecule has 0 rings (SSSR count). The highest BCUT2D eigenvalue weighted by molar-refractivity contribution is 5.76. The van der Waals surface area contributed by atoms with Crippen molar-refractivity contribution in [2.75, 3.05) is 26.2 Å². The van der Waals surface area contributed by atoms with Gasteiger partial charge in [-0.1, -0.05) is 20.8 Å². The van der Waals surface area contributed by atoms with Gasteiger partial charge in [0.1, 0.15) is 6.61 Å². The largest absolute Gasteiger partial charge is 0.463 e. The number of ether oxygens (including phenoxy) is 1. The van der Waals surface area contributed by atoms with Crippen LogP contribution in [-0.4, -0.2) is 43.1 Å². The van der Waals surface area contributed by atoms with Crippen LogP contribution in [0.1, 0.15) is 53.9 Å². The van der Waals surface area contributed by atoms with Crippen molar-refractivity contribution in [1.82, 2.24) is 10.2 Å². The molecule has 0 saturated heterocycles. The third-order valence-electron chi connectivity index (χ3n) is 3.32. The Labute approximate surface area is 123 Å². The first-order valence-electron chi connectivity index (χ1n) is 7.59. The molecule has 0 unspecified atom stereocenters. The normalized spacial score (nSPS) is 11.1. The first-order chi connectivity index (χ1) is 9.38. The number of hydrogen-bond donors (Lipinski definition) is 1. The lowest BCUT2D eigenvalue weighted by molar-refractivity contribution is -0.153. The highest BCUT2D eigenvalue weighted by atomic mass is 16.5. The van der Waals surface area contributed by atoms with E-state index in [9.17, 15) is 9.59 Å². The van der Waals surface area contributed by atoms with Gasteiger partial charge in [-0.3, -0.25) is 4.79 Å². The fourth-order valence-corrected chi connectivity index (χ4v) is 1.61. The number of nitrogens with zero attached hydrogens (tertiary/aromatic N) is 1. The Hall–Kier alpha value is -1.26. The Morgan fingerprint density at radius 2 is 1.65 bits per heavy atom. The summed E-state index contributed by atoms with van der Waals surface area (Å²) in [5.74, 6) is -0.215. The number of urea groups is 1. The zero-order valence-corrected chi connectivity index (χ0v) is 13.6. The Balaban J connectivity index is 3.99. The van der Waals surface area contributed by atoms with Gasteiger partial charge in [-0.15, -0.1) is 0 Å². The predicted octanol–water partition coefficient (Wildman–Crippen LogP) is 2.80. The SMILES string of the molecule is CCCN(CCC)C(=O)NCCOC(=O)C(C)(C)CC. The molecular formula is C15H30N2O3. The molecule has 0 aliphatic carbocycles. The van der Waals surface area contributed by atoms with E-state index in [1.54, 1.807) is 4.90 Å². The minimum Gasteiger partial charge on any atom is -0.463 e. The van der Waals surface area contributed by atoms with E-state index in [1.807, 2.05) is 34.6 Å². The second kappa shape index (κ2) is 9.61.